The Morgan fingerprint density at radius 3 is 1.75 bits per heavy atom. The smallest absolute Gasteiger partial charge is 0.0553 e. The van der Waals surface area contributed by atoms with Crippen molar-refractivity contribution in [2.24, 2.45) is 0 Å². The van der Waals surface area contributed by atoms with E-state index >= 15 is 0 Å². The van der Waals surface area contributed by atoms with Gasteiger partial charge in [0, 0.05) is 40.5 Å². The topological polar surface area (TPSA) is 4.93 Å². The molecule has 1 aliphatic heterocycles. The molecule has 0 unspecified atom stereocenters. The maximum absolute atomic E-state index is 3.73. The Bertz CT molecular complexity index is 2410. The molecule has 9 rings (SSSR count). The lowest BCUT2D eigenvalue weighted by molar-refractivity contribution is 1.16. The highest BCUT2D eigenvalue weighted by atomic mass is 79.9. The molecule has 4 heteroatoms. The van der Waals surface area contributed by atoms with E-state index in [0.717, 1.165) is 4.47 Å². The Balaban J connectivity index is 1.21. The number of para-hydroxylation sites is 2. The predicted molar refractivity (Wildman–Crippen MR) is 192 cm³/mol. The van der Waals surface area contributed by atoms with Crippen molar-refractivity contribution < 1.29 is 0 Å². The first-order valence-corrected chi connectivity index (χ1v) is 17.0. The molecule has 1 aromatic heterocycles. The first-order chi connectivity index (χ1) is 21.7. The first kappa shape index (κ1) is 26.2. The van der Waals surface area contributed by atoms with E-state index in [0.29, 0.717) is 0 Å². The van der Waals surface area contributed by atoms with Crippen molar-refractivity contribution >= 4 is 72.0 Å². The van der Waals surface area contributed by atoms with Crippen LogP contribution in [0.5, 0.6) is 0 Å². The van der Waals surface area contributed by atoms with Crippen LogP contribution >= 0.6 is 39.5 Å². The molecule has 0 N–H and O–H groups in total. The number of nitrogens with zero attached hydrogens (tertiary/aromatic N) is 1. The number of benzene rings is 7. The van der Waals surface area contributed by atoms with Crippen LogP contribution in [-0.4, -0.2) is 4.57 Å². The second-order valence-electron chi connectivity index (χ2n) is 11.1. The average molecular weight is 663 g/mol. The Labute approximate surface area is 272 Å². The SMILES string of the molecule is Brc1ccccc1-c1ccc2c(c1)Sc1ccc(-c3cc4c(c5ccccc35)c3ccccc3n4-c3ccccc3)cc1S2. The fourth-order valence-corrected chi connectivity index (χ4v) is 9.32. The summed E-state index contributed by atoms with van der Waals surface area (Å²) in [5, 5.41) is 5.16. The molecule has 1 nitrogen and oxygen atoms in total. The summed E-state index contributed by atoms with van der Waals surface area (Å²) in [6, 6.07) is 53.1. The molecule has 0 atom stereocenters. The van der Waals surface area contributed by atoms with Crippen molar-refractivity contribution in [2.75, 3.05) is 0 Å². The summed E-state index contributed by atoms with van der Waals surface area (Å²) in [5.74, 6) is 0. The van der Waals surface area contributed by atoms with E-state index in [1.165, 1.54) is 80.1 Å². The Morgan fingerprint density at radius 2 is 1.02 bits per heavy atom. The van der Waals surface area contributed by atoms with Gasteiger partial charge in [0.25, 0.3) is 0 Å². The van der Waals surface area contributed by atoms with E-state index in [-0.39, 0.29) is 0 Å². The molecule has 0 saturated heterocycles. The second kappa shape index (κ2) is 10.4. The van der Waals surface area contributed by atoms with Gasteiger partial charge in [-0.05, 0) is 87.6 Å². The van der Waals surface area contributed by atoms with Gasteiger partial charge in [-0.3, -0.25) is 0 Å². The summed E-state index contributed by atoms with van der Waals surface area (Å²) >= 11 is 7.48. The monoisotopic (exact) mass is 661 g/mol. The van der Waals surface area contributed by atoms with E-state index in [1.54, 1.807) is 0 Å². The molecule has 1 aliphatic rings. The molecule has 7 aromatic carbocycles. The number of aromatic nitrogens is 1. The average Bonchev–Trinajstić information content (AvgIpc) is 3.41. The fraction of sp³-hybridized carbons (Fsp3) is 0. The van der Waals surface area contributed by atoms with E-state index in [4.69, 9.17) is 0 Å². The summed E-state index contributed by atoms with van der Waals surface area (Å²) in [4.78, 5) is 5.23. The van der Waals surface area contributed by atoms with Crippen LogP contribution in [0.15, 0.2) is 170 Å². The minimum atomic E-state index is 1.12. The quantitative estimate of drug-likeness (QED) is 0.186. The molecular weight excluding hydrogens is 638 g/mol. The van der Waals surface area contributed by atoms with Gasteiger partial charge in [-0.25, -0.2) is 0 Å². The largest absolute Gasteiger partial charge is 0.309 e. The van der Waals surface area contributed by atoms with Crippen LogP contribution in [0.2, 0.25) is 0 Å². The van der Waals surface area contributed by atoms with Gasteiger partial charge in [-0.1, -0.05) is 130 Å². The van der Waals surface area contributed by atoms with E-state index in [1.807, 2.05) is 23.5 Å². The minimum Gasteiger partial charge on any atom is -0.309 e. The highest BCUT2D eigenvalue weighted by Gasteiger charge is 2.21. The third-order valence-corrected chi connectivity index (χ3v) is 11.7. The van der Waals surface area contributed by atoms with E-state index < -0.39 is 0 Å². The predicted octanol–water partition coefficient (Wildman–Crippen LogP) is 12.6. The van der Waals surface area contributed by atoms with Crippen molar-refractivity contribution in [3.8, 4) is 27.9 Å². The van der Waals surface area contributed by atoms with Crippen molar-refractivity contribution in [1.82, 2.24) is 4.57 Å². The number of rotatable bonds is 3. The van der Waals surface area contributed by atoms with Crippen LogP contribution in [0.1, 0.15) is 0 Å². The third-order valence-electron chi connectivity index (χ3n) is 8.52. The molecule has 0 amide bonds. The molecule has 0 saturated carbocycles. The number of fused-ring (bicyclic) bond motifs is 7. The van der Waals surface area contributed by atoms with E-state index in [9.17, 15) is 0 Å². The molecule has 44 heavy (non-hydrogen) atoms. The molecule has 208 valence electrons. The maximum Gasteiger partial charge on any atom is 0.0553 e. The van der Waals surface area contributed by atoms with Crippen molar-refractivity contribution in [3.05, 3.63) is 150 Å². The molecule has 2 heterocycles. The lowest BCUT2D eigenvalue weighted by atomic mass is 9.95. The molecule has 0 fully saturated rings. The normalized spacial score (nSPS) is 12.5. The summed E-state index contributed by atoms with van der Waals surface area (Å²) < 4.78 is 3.54. The van der Waals surface area contributed by atoms with Crippen molar-refractivity contribution in [1.29, 1.82) is 0 Å². The molecule has 0 bridgehead atoms. The van der Waals surface area contributed by atoms with Crippen molar-refractivity contribution in [2.45, 2.75) is 19.6 Å². The van der Waals surface area contributed by atoms with Crippen LogP contribution in [0.4, 0.5) is 0 Å². The number of hydrogen-bond donors (Lipinski definition) is 0. The van der Waals surface area contributed by atoms with Crippen LogP contribution in [0.25, 0.3) is 60.5 Å². The molecular formula is C40H24BrNS2. The van der Waals surface area contributed by atoms with Gasteiger partial charge in [0.1, 0.15) is 0 Å². The zero-order chi connectivity index (χ0) is 29.2. The standard InChI is InChI=1S/C40H24BrNS2/c41-33-16-8-6-12-28(33)25-18-20-36-38(22-25)43-37-21-19-26(23-39(37)44-36)32-24-35-40(30-14-5-4-13-29(30)32)31-15-7-9-17-34(31)42(35)27-10-2-1-3-11-27/h1-24H. The van der Waals surface area contributed by atoms with E-state index in [2.05, 4.69) is 166 Å². The molecule has 0 radical (unpaired) electrons. The number of hydrogen-bond acceptors (Lipinski definition) is 2. The Morgan fingerprint density at radius 1 is 0.432 bits per heavy atom. The number of halogens is 1. The minimum absolute atomic E-state index is 1.12. The Kier molecular flexibility index (Phi) is 6.22. The first-order valence-electron chi connectivity index (χ1n) is 14.6. The van der Waals surface area contributed by atoms with Gasteiger partial charge in [-0.2, -0.15) is 0 Å². The van der Waals surface area contributed by atoms with Gasteiger partial charge in [-0.15, -0.1) is 0 Å². The zero-order valence-electron chi connectivity index (χ0n) is 23.5. The second-order valence-corrected chi connectivity index (χ2v) is 14.1. The highest BCUT2D eigenvalue weighted by Crippen LogP contribution is 2.51. The molecule has 0 aliphatic carbocycles. The molecule has 8 aromatic rings. The van der Waals surface area contributed by atoms with Gasteiger partial charge >= 0.3 is 0 Å². The lowest BCUT2D eigenvalue weighted by Crippen LogP contribution is -1.94. The summed E-state index contributed by atoms with van der Waals surface area (Å²) in [7, 11) is 0. The van der Waals surface area contributed by atoms with Gasteiger partial charge < -0.3 is 4.57 Å². The van der Waals surface area contributed by atoms with Gasteiger partial charge in [0.2, 0.25) is 0 Å². The van der Waals surface area contributed by atoms with Gasteiger partial charge in [0.15, 0.2) is 0 Å². The fourth-order valence-electron chi connectivity index (χ4n) is 6.54. The highest BCUT2D eigenvalue weighted by molar-refractivity contribution is 9.10. The summed E-state index contributed by atoms with van der Waals surface area (Å²) in [6.45, 7) is 0. The van der Waals surface area contributed by atoms with Crippen LogP contribution in [0.3, 0.4) is 0 Å². The molecule has 0 spiro atoms. The van der Waals surface area contributed by atoms with Crippen LogP contribution in [0, 0.1) is 0 Å². The summed E-state index contributed by atoms with van der Waals surface area (Å²) in [5.41, 5.74) is 8.60. The van der Waals surface area contributed by atoms with Crippen molar-refractivity contribution in [3.63, 3.8) is 0 Å². The maximum atomic E-state index is 3.73. The zero-order valence-corrected chi connectivity index (χ0v) is 26.7. The lowest BCUT2D eigenvalue weighted by Gasteiger charge is -2.20. The van der Waals surface area contributed by atoms with Crippen LogP contribution in [-0.2, 0) is 0 Å². The summed E-state index contributed by atoms with van der Waals surface area (Å²) in [6.07, 6.45) is 0. The third kappa shape index (κ3) is 4.16. The Hall–Kier alpha value is -4.22. The van der Waals surface area contributed by atoms with Gasteiger partial charge in [0.05, 0.1) is 11.0 Å². The van der Waals surface area contributed by atoms with Crippen LogP contribution < -0.4 is 0 Å².